The molecule has 1 aliphatic heterocycles. The summed E-state index contributed by atoms with van der Waals surface area (Å²) in [6.45, 7) is 5.28. The van der Waals surface area contributed by atoms with Gasteiger partial charge in [-0.2, -0.15) is 0 Å². The Labute approximate surface area is 191 Å². The van der Waals surface area contributed by atoms with E-state index in [1.807, 2.05) is 43.5 Å². The zero-order valence-electron chi connectivity index (χ0n) is 18.3. The highest BCUT2D eigenvalue weighted by molar-refractivity contribution is 7.15. The van der Waals surface area contributed by atoms with Crippen molar-refractivity contribution in [2.75, 3.05) is 23.8 Å². The zero-order valence-corrected chi connectivity index (χ0v) is 19.1. The van der Waals surface area contributed by atoms with Crippen LogP contribution < -0.4 is 15.0 Å². The van der Waals surface area contributed by atoms with Gasteiger partial charge in [-0.15, -0.1) is 11.3 Å². The standard InChI is InChI=1S/C24H25N5O2S/c1-15-7-8-22(32-15)24-28-18(14-31-24)13-30-19-6-4-5-17(11-19)27-21-9-10-29(3)23-20(21)12-25-16(2)26-23/h4-8,11-12,14,21,27H,9-10,13H2,1-3H3. The molecule has 1 unspecified atom stereocenters. The SMILES string of the molecule is Cc1ncc2c(n1)N(C)CCC2Nc1cccc(OCc2coc(-c3ccc(C)s3)n2)c1. The van der Waals surface area contributed by atoms with Crippen molar-refractivity contribution in [1.82, 2.24) is 15.0 Å². The number of aryl methyl sites for hydroxylation is 2. The molecule has 3 aromatic heterocycles. The van der Waals surface area contributed by atoms with E-state index in [4.69, 9.17) is 9.15 Å². The molecule has 0 fully saturated rings. The van der Waals surface area contributed by atoms with Gasteiger partial charge in [-0.05, 0) is 44.5 Å². The van der Waals surface area contributed by atoms with Gasteiger partial charge in [0.05, 0.1) is 10.9 Å². The predicted octanol–water partition coefficient (Wildman–Crippen LogP) is 5.38. The van der Waals surface area contributed by atoms with E-state index in [1.165, 1.54) is 4.88 Å². The fourth-order valence-corrected chi connectivity index (χ4v) is 4.62. The zero-order chi connectivity index (χ0) is 22.1. The Hall–Kier alpha value is -3.39. The van der Waals surface area contributed by atoms with Crippen LogP contribution in [0.2, 0.25) is 0 Å². The number of nitrogens with one attached hydrogen (secondary N) is 1. The van der Waals surface area contributed by atoms with Crippen molar-refractivity contribution in [2.45, 2.75) is 32.9 Å². The number of ether oxygens (including phenoxy) is 1. The maximum Gasteiger partial charge on any atom is 0.236 e. The van der Waals surface area contributed by atoms with Crippen LogP contribution in [0.4, 0.5) is 11.5 Å². The Kier molecular flexibility index (Phi) is 5.53. The summed E-state index contributed by atoms with van der Waals surface area (Å²) >= 11 is 1.67. The van der Waals surface area contributed by atoms with Gasteiger partial charge in [-0.1, -0.05) is 6.07 Å². The molecule has 0 saturated heterocycles. The lowest BCUT2D eigenvalue weighted by molar-refractivity contribution is 0.301. The molecular weight excluding hydrogens is 422 g/mol. The highest BCUT2D eigenvalue weighted by atomic mass is 32.1. The maximum absolute atomic E-state index is 5.99. The van der Waals surface area contributed by atoms with E-state index < -0.39 is 0 Å². The number of nitrogens with zero attached hydrogens (tertiary/aromatic N) is 4. The molecule has 0 spiro atoms. The number of hydrogen-bond donors (Lipinski definition) is 1. The first kappa shape index (κ1) is 20.5. The van der Waals surface area contributed by atoms with E-state index >= 15 is 0 Å². The highest BCUT2D eigenvalue weighted by Crippen LogP contribution is 2.34. The summed E-state index contributed by atoms with van der Waals surface area (Å²) in [6.07, 6.45) is 4.57. The smallest absolute Gasteiger partial charge is 0.236 e. The molecule has 1 aromatic carbocycles. The molecule has 32 heavy (non-hydrogen) atoms. The summed E-state index contributed by atoms with van der Waals surface area (Å²) in [6, 6.07) is 12.2. The molecule has 0 bridgehead atoms. The minimum absolute atomic E-state index is 0.157. The number of thiophene rings is 1. The van der Waals surface area contributed by atoms with E-state index in [2.05, 4.69) is 45.2 Å². The molecule has 0 radical (unpaired) electrons. The molecule has 5 rings (SSSR count). The second-order valence-electron chi connectivity index (χ2n) is 7.97. The van der Waals surface area contributed by atoms with Gasteiger partial charge in [0.2, 0.25) is 5.89 Å². The van der Waals surface area contributed by atoms with Gasteiger partial charge >= 0.3 is 0 Å². The van der Waals surface area contributed by atoms with Crippen molar-refractivity contribution in [3.63, 3.8) is 0 Å². The second-order valence-corrected chi connectivity index (χ2v) is 9.26. The van der Waals surface area contributed by atoms with E-state index in [1.54, 1.807) is 17.6 Å². The number of fused-ring (bicyclic) bond motifs is 1. The van der Waals surface area contributed by atoms with E-state index in [0.717, 1.165) is 52.2 Å². The van der Waals surface area contributed by atoms with Crippen molar-refractivity contribution in [3.05, 3.63) is 70.8 Å². The largest absolute Gasteiger partial charge is 0.487 e. The quantitative estimate of drug-likeness (QED) is 0.425. The summed E-state index contributed by atoms with van der Waals surface area (Å²) < 4.78 is 11.6. The Morgan fingerprint density at radius 1 is 1.22 bits per heavy atom. The first-order valence-electron chi connectivity index (χ1n) is 10.6. The Bertz CT molecular complexity index is 1230. The van der Waals surface area contributed by atoms with Crippen molar-refractivity contribution in [2.24, 2.45) is 0 Å². The Morgan fingerprint density at radius 2 is 2.12 bits per heavy atom. The van der Waals surface area contributed by atoms with E-state index in [0.29, 0.717) is 12.5 Å². The number of oxazole rings is 1. The van der Waals surface area contributed by atoms with Gasteiger partial charge in [0, 0.05) is 42.0 Å². The lowest BCUT2D eigenvalue weighted by atomic mass is 10.0. The number of benzene rings is 1. The maximum atomic E-state index is 5.99. The monoisotopic (exact) mass is 447 g/mol. The van der Waals surface area contributed by atoms with Crippen LogP contribution in [0, 0.1) is 13.8 Å². The molecule has 0 amide bonds. The predicted molar refractivity (Wildman–Crippen MR) is 126 cm³/mol. The molecule has 0 saturated carbocycles. The van der Waals surface area contributed by atoms with Gasteiger partial charge in [0.25, 0.3) is 0 Å². The second kappa shape index (κ2) is 8.63. The molecule has 0 aliphatic carbocycles. The van der Waals surface area contributed by atoms with Crippen LogP contribution in [0.25, 0.3) is 10.8 Å². The molecule has 7 nitrogen and oxygen atoms in total. The topological polar surface area (TPSA) is 76.3 Å². The van der Waals surface area contributed by atoms with Crippen LogP contribution in [-0.2, 0) is 6.61 Å². The molecule has 1 N–H and O–H groups in total. The average Bonchev–Trinajstić information content (AvgIpc) is 3.44. The third-order valence-electron chi connectivity index (χ3n) is 5.47. The summed E-state index contributed by atoms with van der Waals surface area (Å²) in [4.78, 5) is 18.0. The lowest BCUT2D eigenvalue weighted by Gasteiger charge is -2.32. The van der Waals surface area contributed by atoms with Gasteiger partial charge in [0.15, 0.2) is 0 Å². The van der Waals surface area contributed by atoms with Crippen LogP contribution in [0.15, 0.2) is 53.3 Å². The van der Waals surface area contributed by atoms with Crippen molar-refractivity contribution >= 4 is 22.8 Å². The van der Waals surface area contributed by atoms with Gasteiger partial charge in [0.1, 0.15) is 36.0 Å². The number of rotatable bonds is 6. The van der Waals surface area contributed by atoms with Gasteiger partial charge in [-0.3, -0.25) is 0 Å². The first-order valence-corrected chi connectivity index (χ1v) is 11.4. The fourth-order valence-electron chi connectivity index (χ4n) is 3.82. The third-order valence-corrected chi connectivity index (χ3v) is 6.46. The molecule has 4 aromatic rings. The van der Waals surface area contributed by atoms with Crippen molar-refractivity contribution in [1.29, 1.82) is 0 Å². The molecule has 8 heteroatoms. The molecular formula is C24H25N5O2S. The Morgan fingerprint density at radius 3 is 2.97 bits per heavy atom. The van der Waals surface area contributed by atoms with Crippen molar-refractivity contribution < 1.29 is 9.15 Å². The van der Waals surface area contributed by atoms with E-state index in [-0.39, 0.29) is 6.04 Å². The van der Waals surface area contributed by atoms with E-state index in [9.17, 15) is 0 Å². The molecule has 1 atom stereocenters. The van der Waals surface area contributed by atoms with Crippen LogP contribution in [-0.4, -0.2) is 28.5 Å². The van der Waals surface area contributed by atoms with Gasteiger partial charge < -0.3 is 19.4 Å². The molecule has 4 heterocycles. The summed E-state index contributed by atoms with van der Waals surface area (Å²) in [5.74, 6) is 3.20. The number of aromatic nitrogens is 3. The third kappa shape index (κ3) is 4.31. The van der Waals surface area contributed by atoms with Crippen LogP contribution in [0.5, 0.6) is 5.75 Å². The number of anilines is 2. The molecule has 1 aliphatic rings. The first-order chi connectivity index (χ1) is 15.5. The minimum Gasteiger partial charge on any atom is -0.487 e. The van der Waals surface area contributed by atoms with Crippen LogP contribution in [0.3, 0.4) is 0 Å². The van der Waals surface area contributed by atoms with Gasteiger partial charge in [-0.25, -0.2) is 15.0 Å². The minimum atomic E-state index is 0.157. The fraction of sp³-hybridized carbons (Fsp3) is 0.292. The summed E-state index contributed by atoms with van der Waals surface area (Å²) in [5, 5.41) is 3.62. The van der Waals surface area contributed by atoms with Crippen LogP contribution >= 0.6 is 11.3 Å². The van der Waals surface area contributed by atoms with Crippen molar-refractivity contribution in [3.8, 4) is 16.5 Å². The highest BCUT2D eigenvalue weighted by Gasteiger charge is 2.25. The molecule has 164 valence electrons. The number of hydrogen-bond acceptors (Lipinski definition) is 8. The van der Waals surface area contributed by atoms with Crippen LogP contribution in [0.1, 0.15) is 34.4 Å². The average molecular weight is 448 g/mol. The normalized spacial score (nSPS) is 15.5. The summed E-state index contributed by atoms with van der Waals surface area (Å²) in [5.41, 5.74) is 2.88. The lowest BCUT2D eigenvalue weighted by Crippen LogP contribution is -2.31. The summed E-state index contributed by atoms with van der Waals surface area (Å²) in [7, 11) is 2.07. The Balaban J connectivity index is 1.26.